The van der Waals surface area contributed by atoms with Crippen LogP contribution < -0.4 is 0 Å². The number of rotatable bonds is 0. The van der Waals surface area contributed by atoms with Crippen LogP contribution in [0.15, 0.2) is 0 Å². The third-order valence-corrected chi connectivity index (χ3v) is 0. The summed E-state index contributed by atoms with van der Waals surface area (Å²) in [5, 5.41) is 0. The molecule has 0 unspecified atom stereocenters. The van der Waals surface area contributed by atoms with Gasteiger partial charge in [0.25, 0.3) is 0 Å². The predicted molar refractivity (Wildman–Crippen MR) is 19.3 cm³/mol. The summed E-state index contributed by atoms with van der Waals surface area (Å²) in [5.74, 6) is 0. The Morgan fingerprint density at radius 2 is 0.500 bits per heavy atom. The Balaban J connectivity index is 0. The molecule has 0 aromatic carbocycles. The van der Waals surface area contributed by atoms with Crippen LogP contribution in [0.5, 0.6) is 0 Å². The molecular formula is H4MgO4Sr. The van der Waals surface area contributed by atoms with Crippen LogP contribution in [0, 0.1) is 0 Å². The first-order valence-corrected chi connectivity index (χ1v) is 0. The molecule has 0 saturated heterocycles. The molecular weight excluding hydrogens is 176 g/mol. The second-order valence-corrected chi connectivity index (χ2v) is 0. The second kappa shape index (κ2) is 60.3. The minimum atomic E-state index is 0. The van der Waals surface area contributed by atoms with Crippen LogP contribution in [-0.4, -0.2) is 90.4 Å². The molecule has 6 heavy (non-hydrogen) atoms. The Hall–Kier alpha value is 2.09. The van der Waals surface area contributed by atoms with Crippen molar-refractivity contribution in [3.63, 3.8) is 0 Å². The van der Waals surface area contributed by atoms with Crippen molar-refractivity contribution in [3.05, 3.63) is 0 Å². The van der Waals surface area contributed by atoms with Crippen molar-refractivity contribution >= 4 is 68.5 Å². The monoisotopic (exact) mass is 180 g/mol. The largest absolute Gasteiger partial charge is 2.00 e. The Bertz CT molecular complexity index is 7.51. The Labute approximate surface area is 88.9 Å². The summed E-state index contributed by atoms with van der Waals surface area (Å²) in [4.78, 5) is 0. The van der Waals surface area contributed by atoms with Gasteiger partial charge in [0.05, 0.1) is 0 Å². The third-order valence-electron chi connectivity index (χ3n) is 0. The molecule has 6 heteroatoms. The van der Waals surface area contributed by atoms with Crippen molar-refractivity contribution in [2.75, 3.05) is 0 Å². The van der Waals surface area contributed by atoms with E-state index in [1.165, 1.54) is 0 Å². The standard InChI is InChI=1S/Mg.4H2O.Sr/h;4*1H2;/q+2;;;;;+2/p-4. The summed E-state index contributed by atoms with van der Waals surface area (Å²) in [7, 11) is 0. The summed E-state index contributed by atoms with van der Waals surface area (Å²) in [6, 6.07) is 0. The first kappa shape index (κ1) is 93.3. The molecule has 0 aromatic rings. The maximum Gasteiger partial charge on any atom is 2.00 e. The third kappa shape index (κ3) is 36.2. The Kier molecular flexibility index (Phi) is 937. The van der Waals surface area contributed by atoms with Gasteiger partial charge in [0.1, 0.15) is 0 Å². The summed E-state index contributed by atoms with van der Waals surface area (Å²) in [6.07, 6.45) is 0. The van der Waals surface area contributed by atoms with E-state index >= 15 is 0 Å². The minimum absolute atomic E-state index is 0. The molecule has 0 aliphatic heterocycles. The second-order valence-electron chi connectivity index (χ2n) is 0. The quantitative estimate of drug-likeness (QED) is 0.422. The van der Waals surface area contributed by atoms with E-state index in [0.717, 1.165) is 0 Å². The number of hydrogen-bond donors (Lipinski definition) is 0. The Morgan fingerprint density at radius 1 is 0.500 bits per heavy atom. The molecule has 0 amide bonds. The van der Waals surface area contributed by atoms with Gasteiger partial charge in [-0.15, -0.1) is 0 Å². The van der Waals surface area contributed by atoms with Crippen LogP contribution in [0.2, 0.25) is 0 Å². The van der Waals surface area contributed by atoms with Gasteiger partial charge in [-0.05, 0) is 0 Å². The van der Waals surface area contributed by atoms with Crippen LogP contribution in [0.3, 0.4) is 0 Å². The fraction of sp³-hybridized carbons (Fsp3) is 0. The van der Waals surface area contributed by atoms with E-state index in [0.29, 0.717) is 0 Å². The molecule has 0 saturated carbocycles. The summed E-state index contributed by atoms with van der Waals surface area (Å²) < 4.78 is 0. The van der Waals surface area contributed by atoms with E-state index in [4.69, 9.17) is 0 Å². The summed E-state index contributed by atoms with van der Waals surface area (Å²) >= 11 is 0. The van der Waals surface area contributed by atoms with Crippen LogP contribution in [0.25, 0.3) is 0 Å². The van der Waals surface area contributed by atoms with Gasteiger partial charge < -0.3 is 21.9 Å². The van der Waals surface area contributed by atoms with Gasteiger partial charge in [0.2, 0.25) is 0 Å². The van der Waals surface area contributed by atoms with Crippen LogP contribution in [-0.2, 0) is 0 Å². The van der Waals surface area contributed by atoms with Gasteiger partial charge >= 0.3 is 68.5 Å². The van der Waals surface area contributed by atoms with Crippen LogP contribution in [0.4, 0.5) is 0 Å². The first-order valence-electron chi connectivity index (χ1n) is 0. The SMILES string of the molecule is [Mg+2].[OH-].[OH-].[OH-].[OH-].[Sr+2]. The van der Waals surface area contributed by atoms with Gasteiger partial charge in [-0.3, -0.25) is 0 Å². The molecule has 4 N–H and O–H groups in total. The molecule has 0 aliphatic carbocycles. The molecule has 0 fully saturated rings. The summed E-state index contributed by atoms with van der Waals surface area (Å²) in [5.41, 5.74) is 0. The fourth-order valence-corrected chi connectivity index (χ4v) is 0. The minimum Gasteiger partial charge on any atom is -0.870 e. The van der Waals surface area contributed by atoms with Gasteiger partial charge in [-0.1, -0.05) is 0 Å². The molecule has 0 bridgehead atoms. The van der Waals surface area contributed by atoms with Crippen LogP contribution in [0.1, 0.15) is 0 Å². The van der Waals surface area contributed by atoms with E-state index in [1.807, 2.05) is 0 Å². The van der Waals surface area contributed by atoms with E-state index in [1.54, 1.807) is 0 Å². The first-order chi connectivity index (χ1) is 0. The van der Waals surface area contributed by atoms with E-state index in [2.05, 4.69) is 0 Å². The summed E-state index contributed by atoms with van der Waals surface area (Å²) in [6.45, 7) is 0. The average Bonchev–Trinajstić information content (AvgIpc) is 0. The zero-order valence-corrected chi connectivity index (χ0v) is 8.09. The maximum atomic E-state index is 0. The van der Waals surface area contributed by atoms with Crippen molar-refractivity contribution in [3.8, 4) is 0 Å². The topological polar surface area (TPSA) is 120 Å². The van der Waals surface area contributed by atoms with E-state index < -0.39 is 0 Å². The molecule has 4 nitrogen and oxygen atoms in total. The molecule has 0 atom stereocenters. The maximum absolute atomic E-state index is 0. The van der Waals surface area contributed by atoms with E-state index in [-0.39, 0.29) is 90.4 Å². The van der Waals surface area contributed by atoms with Gasteiger partial charge in [-0.2, -0.15) is 0 Å². The molecule has 0 spiro atoms. The average molecular weight is 180 g/mol. The van der Waals surface area contributed by atoms with Crippen molar-refractivity contribution in [1.29, 1.82) is 0 Å². The van der Waals surface area contributed by atoms with Crippen LogP contribution >= 0.6 is 0 Å². The van der Waals surface area contributed by atoms with Gasteiger partial charge in [0.15, 0.2) is 0 Å². The van der Waals surface area contributed by atoms with Crippen molar-refractivity contribution in [2.24, 2.45) is 0 Å². The zero-order chi connectivity index (χ0) is 0. The van der Waals surface area contributed by atoms with Gasteiger partial charge in [0, 0.05) is 0 Å². The number of hydrogen-bond acceptors (Lipinski definition) is 4. The van der Waals surface area contributed by atoms with E-state index in [9.17, 15) is 0 Å². The molecule has 0 heterocycles. The fourth-order valence-electron chi connectivity index (χ4n) is 0. The normalized spacial score (nSPS) is 0. The van der Waals surface area contributed by atoms with Crippen molar-refractivity contribution in [1.82, 2.24) is 0 Å². The Morgan fingerprint density at radius 3 is 0.500 bits per heavy atom. The van der Waals surface area contributed by atoms with Crippen molar-refractivity contribution < 1.29 is 21.9 Å². The zero-order valence-electron chi connectivity index (χ0n) is 3.20. The van der Waals surface area contributed by atoms with Crippen molar-refractivity contribution in [2.45, 2.75) is 0 Å². The predicted octanol–water partition coefficient (Wildman–Crippen LogP) is -1.47. The molecule has 0 radical (unpaired) electrons. The molecule has 0 aliphatic rings. The molecule has 0 aromatic heterocycles. The van der Waals surface area contributed by atoms with Gasteiger partial charge in [-0.25, -0.2) is 0 Å². The molecule has 32 valence electrons. The smallest absolute Gasteiger partial charge is 0.870 e. The molecule has 0 rings (SSSR count).